The van der Waals surface area contributed by atoms with Crippen molar-refractivity contribution in [3.63, 3.8) is 0 Å². The number of benzene rings is 1. The first kappa shape index (κ1) is 14.6. The average molecular weight is 249 g/mol. The van der Waals surface area contributed by atoms with Gasteiger partial charge in [-0.05, 0) is 31.4 Å². The average Bonchev–Trinajstić information content (AvgIpc) is 2.32. The lowest BCUT2D eigenvalue weighted by atomic mass is 9.95. The van der Waals surface area contributed by atoms with Crippen molar-refractivity contribution in [1.29, 1.82) is 0 Å². The van der Waals surface area contributed by atoms with Crippen LogP contribution in [-0.2, 0) is 11.2 Å². The van der Waals surface area contributed by atoms with Crippen LogP contribution in [0.2, 0.25) is 0 Å². The van der Waals surface area contributed by atoms with Gasteiger partial charge in [-0.1, -0.05) is 44.9 Å². The molecule has 3 nitrogen and oxygen atoms in total. The van der Waals surface area contributed by atoms with Gasteiger partial charge in [0.25, 0.3) is 0 Å². The molecule has 0 aliphatic heterocycles. The van der Waals surface area contributed by atoms with E-state index in [0.717, 1.165) is 24.9 Å². The molecule has 0 fully saturated rings. The fourth-order valence-corrected chi connectivity index (χ4v) is 2.15. The maximum atomic E-state index is 11.4. The van der Waals surface area contributed by atoms with Crippen LogP contribution < -0.4 is 5.32 Å². The van der Waals surface area contributed by atoms with Crippen LogP contribution in [-0.4, -0.2) is 16.6 Å². The minimum atomic E-state index is -0.890. The molecule has 18 heavy (non-hydrogen) atoms. The maximum absolute atomic E-state index is 11.4. The molecule has 0 saturated heterocycles. The number of para-hydroxylation sites is 1. The number of aryl methyl sites for hydroxylation is 1. The zero-order valence-electron chi connectivity index (χ0n) is 11.5. The predicted molar refractivity (Wildman–Crippen MR) is 75.0 cm³/mol. The molecule has 1 atom stereocenters. The lowest BCUT2D eigenvalue weighted by Gasteiger charge is -2.28. The Kier molecular flexibility index (Phi) is 5.20. The molecule has 1 unspecified atom stereocenters. The number of rotatable bonds is 7. The van der Waals surface area contributed by atoms with Crippen LogP contribution in [0.1, 0.15) is 45.6 Å². The van der Waals surface area contributed by atoms with Crippen LogP contribution in [0, 0.1) is 0 Å². The molecule has 0 radical (unpaired) electrons. The highest BCUT2D eigenvalue weighted by atomic mass is 16.4. The molecule has 1 rings (SSSR count). The largest absolute Gasteiger partial charge is 0.480 e. The number of hydrogen-bond acceptors (Lipinski definition) is 2. The molecular formula is C15H23NO2. The molecule has 0 saturated carbocycles. The molecule has 0 aromatic heterocycles. The van der Waals surface area contributed by atoms with E-state index in [0.29, 0.717) is 6.42 Å². The van der Waals surface area contributed by atoms with Gasteiger partial charge in [0.1, 0.15) is 5.54 Å². The highest BCUT2D eigenvalue weighted by Crippen LogP contribution is 2.24. The van der Waals surface area contributed by atoms with Gasteiger partial charge in [-0.25, -0.2) is 4.79 Å². The van der Waals surface area contributed by atoms with E-state index in [2.05, 4.69) is 18.3 Å². The van der Waals surface area contributed by atoms with Crippen LogP contribution in [0.25, 0.3) is 0 Å². The molecule has 0 spiro atoms. The van der Waals surface area contributed by atoms with Crippen molar-refractivity contribution in [1.82, 2.24) is 0 Å². The number of carboxylic acid groups (broad SMARTS) is 1. The van der Waals surface area contributed by atoms with Crippen LogP contribution in [0.15, 0.2) is 24.3 Å². The van der Waals surface area contributed by atoms with E-state index in [9.17, 15) is 9.90 Å². The summed E-state index contributed by atoms with van der Waals surface area (Å²) in [6, 6.07) is 7.95. The number of anilines is 1. The van der Waals surface area contributed by atoms with Crippen molar-refractivity contribution < 1.29 is 9.90 Å². The number of nitrogens with one attached hydrogen (secondary N) is 1. The Morgan fingerprint density at radius 2 is 1.94 bits per heavy atom. The first-order valence-corrected chi connectivity index (χ1v) is 6.63. The summed E-state index contributed by atoms with van der Waals surface area (Å²) in [4.78, 5) is 11.4. The molecule has 0 heterocycles. The van der Waals surface area contributed by atoms with E-state index >= 15 is 0 Å². The Morgan fingerprint density at radius 3 is 2.50 bits per heavy atom. The molecule has 100 valence electrons. The van der Waals surface area contributed by atoms with E-state index in [1.165, 1.54) is 5.56 Å². The van der Waals surface area contributed by atoms with Crippen LogP contribution >= 0.6 is 0 Å². The Labute approximate surface area is 109 Å². The summed E-state index contributed by atoms with van der Waals surface area (Å²) in [7, 11) is 0. The van der Waals surface area contributed by atoms with Crippen molar-refractivity contribution in [2.45, 2.75) is 52.0 Å². The summed E-state index contributed by atoms with van der Waals surface area (Å²) in [5.74, 6) is -0.796. The van der Waals surface area contributed by atoms with E-state index < -0.39 is 11.5 Å². The van der Waals surface area contributed by atoms with Crippen molar-refractivity contribution in [3.05, 3.63) is 29.8 Å². The lowest BCUT2D eigenvalue weighted by Crippen LogP contribution is -2.43. The van der Waals surface area contributed by atoms with E-state index in [1.54, 1.807) is 6.92 Å². The van der Waals surface area contributed by atoms with Gasteiger partial charge in [0.2, 0.25) is 0 Å². The van der Waals surface area contributed by atoms with Crippen LogP contribution in [0.5, 0.6) is 0 Å². The first-order valence-electron chi connectivity index (χ1n) is 6.63. The molecule has 2 N–H and O–H groups in total. The van der Waals surface area contributed by atoms with Crippen molar-refractivity contribution >= 4 is 11.7 Å². The normalized spacial score (nSPS) is 13.9. The van der Waals surface area contributed by atoms with E-state index in [1.807, 2.05) is 25.1 Å². The quantitative estimate of drug-likeness (QED) is 0.774. The monoisotopic (exact) mass is 249 g/mol. The Bertz CT molecular complexity index is 403. The van der Waals surface area contributed by atoms with E-state index in [4.69, 9.17) is 0 Å². The molecule has 3 heteroatoms. The van der Waals surface area contributed by atoms with Gasteiger partial charge in [0.05, 0.1) is 0 Å². The summed E-state index contributed by atoms with van der Waals surface area (Å²) >= 11 is 0. The van der Waals surface area contributed by atoms with Crippen LogP contribution in [0.3, 0.4) is 0 Å². The number of carbonyl (C=O) groups is 1. The molecule has 0 amide bonds. The molecule has 0 bridgehead atoms. The standard InChI is InChI=1S/C15H23NO2/c1-4-8-12-9-6-7-10-13(12)16-15(3,11-5-2)14(17)18/h6-7,9-10,16H,4-5,8,11H2,1-3H3,(H,17,18). The fourth-order valence-electron chi connectivity index (χ4n) is 2.15. The van der Waals surface area contributed by atoms with Gasteiger partial charge in [-0.2, -0.15) is 0 Å². The minimum absolute atomic E-state index is 0.614. The van der Waals surface area contributed by atoms with Gasteiger partial charge in [0, 0.05) is 5.69 Å². The van der Waals surface area contributed by atoms with Gasteiger partial charge in [0.15, 0.2) is 0 Å². The third kappa shape index (κ3) is 3.49. The second-order valence-electron chi connectivity index (χ2n) is 4.92. The Morgan fingerprint density at radius 1 is 1.28 bits per heavy atom. The Balaban J connectivity index is 2.97. The third-order valence-corrected chi connectivity index (χ3v) is 3.17. The third-order valence-electron chi connectivity index (χ3n) is 3.17. The molecule has 1 aromatic rings. The molecule has 0 aliphatic carbocycles. The van der Waals surface area contributed by atoms with Gasteiger partial charge in [-0.15, -0.1) is 0 Å². The fraction of sp³-hybridized carbons (Fsp3) is 0.533. The second-order valence-corrected chi connectivity index (χ2v) is 4.92. The topological polar surface area (TPSA) is 49.3 Å². The summed E-state index contributed by atoms with van der Waals surface area (Å²) < 4.78 is 0. The van der Waals surface area contributed by atoms with Crippen molar-refractivity contribution in [2.75, 3.05) is 5.32 Å². The SMILES string of the molecule is CCCc1ccccc1NC(C)(CCC)C(=O)O. The number of aliphatic carboxylic acids is 1. The maximum Gasteiger partial charge on any atom is 0.329 e. The van der Waals surface area contributed by atoms with Crippen LogP contribution in [0.4, 0.5) is 5.69 Å². The van der Waals surface area contributed by atoms with Crippen molar-refractivity contribution in [2.24, 2.45) is 0 Å². The number of hydrogen-bond donors (Lipinski definition) is 2. The van der Waals surface area contributed by atoms with Gasteiger partial charge in [-0.3, -0.25) is 0 Å². The molecular weight excluding hydrogens is 226 g/mol. The van der Waals surface area contributed by atoms with E-state index in [-0.39, 0.29) is 0 Å². The minimum Gasteiger partial charge on any atom is -0.480 e. The highest BCUT2D eigenvalue weighted by Gasteiger charge is 2.32. The summed E-state index contributed by atoms with van der Waals surface area (Å²) in [5, 5.41) is 12.6. The smallest absolute Gasteiger partial charge is 0.329 e. The predicted octanol–water partition coefficient (Wildman–Crippen LogP) is 3.69. The zero-order valence-corrected chi connectivity index (χ0v) is 11.5. The Hall–Kier alpha value is -1.51. The zero-order chi connectivity index (χ0) is 13.6. The second kappa shape index (κ2) is 6.43. The summed E-state index contributed by atoms with van der Waals surface area (Å²) in [6.07, 6.45) is 3.47. The summed E-state index contributed by atoms with van der Waals surface area (Å²) in [5.41, 5.74) is 1.24. The number of carboxylic acids is 1. The first-order chi connectivity index (χ1) is 8.53. The summed E-state index contributed by atoms with van der Waals surface area (Å²) in [6.45, 7) is 5.88. The highest BCUT2D eigenvalue weighted by molar-refractivity contribution is 5.82. The lowest BCUT2D eigenvalue weighted by molar-refractivity contribution is -0.141. The van der Waals surface area contributed by atoms with Gasteiger partial charge >= 0.3 is 5.97 Å². The van der Waals surface area contributed by atoms with Crippen molar-refractivity contribution in [3.8, 4) is 0 Å². The molecule has 0 aliphatic rings. The van der Waals surface area contributed by atoms with Gasteiger partial charge < -0.3 is 10.4 Å². The molecule has 1 aromatic carbocycles.